The van der Waals surface area contributed by atoms with Crippen LogP contribution in [0.25, 0.3) is 0 Å². The third-order valence-corrected chi connectivity index (χ3v) is 13.5. The number of hydrogen-bond donors (Lipinski definition) is 1. The van der Waals surface area contributed by atoms with Gasteiger partial charge in [-0.1, -0.05) is 84.5 Å². The highest BCUT2D eigenvalue weighted by molar-refractivity contribution is 6.90. The van der Waals surface area contributed by atoms with Crippen LogP contribution in [0, 0.1) is 11.5 Å². The van der Waals surface area contributed by atoms with Gasteiger partial charge in [-0.15, -0.1) is 5.54 Å². The average molecular weight is 492 g/mol. The summed E-state index contributed by atoms with van der Waals surface area (Å²) >= 11 is 6.09. The predicted molar refractivity (Wildman–Crippen MR) is 136 cm³/mol. The summed E-state index contributed by atoms with van der Waals surface area (Å²) in [5, 5.41) is 10.6. The van der Waals surface area contributed by atoms with E-state index in [2.05, 4.69) is 53.0 Å². The minimum atomic E-state index is -2.11. The summed E-state index contributed by atoms with van der Waals surface area (Å²) in [6.07, 6.45) is 0.480. The number of morpholine rings is 1. The second-order valence-electron chi connectivity index (χ2n) is 9.84. The van der Waals surface area contributed by atoms with Crippen LogP contribution >= 0.6 is 11.6 Å². The molecular formula is C26H38ClNO4Si. The molecule has 1 aliphatic rings. The molecule has 1 N–H and O–H groups in total. The van der Waals surface area contributed by atoms with E-state index in [1.165, 1.54) is 4.90 Å². The molecule has 1 aliphatic heterocycles. The first-order chi connectivity index (χ1) is 15.5. The van der Waals surface area contributed by atoms with Crippen LogP contribution in [-0.2, 0) is 14.3 Å². The first-order valence-corrected chi connectivity index (χ1v) is 14.5. The summed E-state index contributed by atoms with van der Waals surface area (Å²) in [5.41, 5.74) is 5.78. The molecule has 0 bridgehead atoms. The lowest BCUT2D eigenvalue weighted by atomic mass is 9.96. The van der Waals surface area contributed by atoms with Crippen molar-refractivity contribution in [1.29, 1.82) is 0 Å². The van der Waals surface area contributed by atoms with Crippen molar-refractivity contribution in [2.75, 3.05) is 6.61 Å². The molecule has 5 nitrogen and oxygen atoms in total. The van der Waals surface area contributed by atoms with Gasteiger partial charge in [-0.25, -0.2) is 4.79 Å². The van der Waals surface area contributed by atoms with Gasteiger partial charge in [-0.3, -0.25) is 4.79 Å². The second-order valence-corrected chi connectivity index (χ2v) is 15.9. The Hall–Kier alpha value is -1.81. The van der Waals surface area contributed by atoms with Gasteiger partial charge < -0.3 is 14.7 Å². The highest BCUT2D eigenvalue weighted by atomic mass is 35.5. The van der Waals surface area contributed by atoms with E-state index in [0.29, 0.717) is 34.5 Å². The van der Waals surface area contributed by atoms with E-state index in [0.717, 1.165) is 5.56 Å². The molecule has 0 spiro atoms. The number of benzene rings is 1. The summed E-state index contributed by atoms with van der Waals surface area (Å²) in [4.78, 5) is 26.7. The maximum Gasteiger partial charge on any atom is 0.326 e. The fourth-order valence-corrected chi connectivity index (χ4v) is 10.7. The van der Waals surface area contributed by atoms with E-state index >= 15 is 0 Å². The van der Waals surface area contributed by atoms with Crippen LogP contribution in [0.1, 0.15) is 73.0 Å². The number of rotatable bonds is 8. The average Bonchev–Trinajstić information content (AvgIpc) is 2.73. The topological polar surface area (TPSA) is 66.8 Å². The Morgan fingerprint density at radius 1 is 1.15 bits per heavy atom. The maximum atomic E-state index is 13.0. The number of carbonyl (C=O) groups excluding carboxylic acids is 1. The van der Waals surface area contributed by atoms with Gasteiger partial charge in [-0.05, 0) is 40.7 Å². The van der Waals surface area contributed by atoms with Crippen LogP contribution in [-0.4, -0.2) is 48.6 Å². The number of ether oxygens (including phenoxy) is 1. The van der Waals surface area contributed by atoms with Gasteiger partial charge in [0.05, 0.1) is 0 Å². The molecule has 1 aromatic rings. The number of halogens is 1. The van der Waals surface area contributed by atoms with Gasteiger partial charge in [0.2, 0.25) is 5.91 Å². The fraction of sp³-hybridized carbons (Fsp3) is 0.615. The molecule has 7 heteroatoms. The summed E-state index contributed by atoms with van der Waals surface area (Å²) < 4.78 is 6.00. The van der Waals surface area contributed by atoms with Crippen molar-refractivity contribution < 1.29 is 19.4 Å². The molecule has 1 amide bonds. The third-order valence-electron chi connectivity index (χ3n) is 6.94. The van der Waals surface area contributed by atoms with Crippen molar-refractivity contribution in [3.05, 3.63) is 34.9 Å². The molecule has 33 heavy (non-hydrogen) atoms. The summed E-state index contributed by atoms with van der Waals surface area (Å²) in [7, 11) is -2.11. The minimum absolute atomic E-state index is 0.167. The van der Waals surface area contributed by atoms with E-state index in [-0.39, 0.29) is 12.5 Å². The molecule has 0 aromatic heterocycles. The van der Waals surface area contributed by atoms with E-state index in [1.54, 1.807) is 12.1 Å². The molecule has 182 valence electrons. The Morgan fingerprint density at radius 2 is 1.70 bits per heavy atom. The number of carboxylic acids is 1. The van der Waals surface area contributed by atoms with Crippen molar-refractivity contribution in [2.45, 2.75) is 96.1 Å². The first kappa shape index (κ1) is 27.4. The number of amides is 1. The van der Waals surface area contributed by atoms with Gasteiger partial charge in [0.25, 0.3) is 0 Å². The molecule has 0 radical (unpaired) electrons. The molecule has 2 rings (SSSR count). The molecule has 1 saturated heterocycles. The lowest BCUT2D eigenvalue weighted by Crippen LogP contribution is -2.57. The van der Waals surface area contributed by atoms with Crippen LogP contribution in [0.3, 0.4) is 0 Å². The van der Waals surface area contributed by atoms with Crippen LogP contribution in [0.2, 0.25) is 21.6 Å². The van der Waals surface area contributed by atoms with Crippen LogP contribution < -0.4 is 0 Å². The Bertz CT molecular complexity index is 866. The summed E-state index contributed by atoms with van der Waals surface area (Å²) in [6.45, 7) is 15.1. The number of carboxylic acid groups (broad SMARTS) is 1. The smallest absolute Gasteiger partial charge is 0.326 e. The Balaban J connectivity index is 2.70. The molecule has 3 atom stereocenters. The fourth-order valence-electron chi connectivity index (χ4n) is 5.36. The third kappa shape index (κ3) is 5.82. The van der Waals surface area contributed by atoms with E-state index in [4.69, 9.17) is 16.3 Å². The van der Waals surface area contributed by atoms with E-state index in [9.17, 15) is 14.7 Å². The zero-order valence-corrected chi connectivity index (χ0v) is 22.6. The van der Waals surface area contributed by atoms with Crippen LogP contribution in [0.4, 0.5) is 0 Å². The van der Waals surface area contributed by atoms with Gasteiger partial charge >= 0.3 is 5.97 Å². The van der Waals surface area contributed by atoms with Crippen molar-refractivity contribution >= 4 is 31.6 Å². The second kappa shape index (κ2) is 11.5. The van der Waals surface area contributed by atoms with Crippen molar-refractivity contribution in [2.24, 2.45) is 0 Å². The zero-order valence-electron chi connectivity index (χ0n) is 20.9. The number of aliphatic carboxylic acids is 1. The molecular weight excluding hydrogens is 454 g/mol. The molecule has 1 fully saturated rings. The predicted octanol–water partition coefficient (Wildman–Crippen LogP) is 6.08. The first-order valence-electron chi connectivity index (χ1n) is 11.9. The van der Waals surface area contributed by atoms with Crippen molar-refractivity contribution in [3.8, 4) is 11.5 Å². The Kier molecular flexibility index (Phi) is 9.60. The molecule has 1 heterocycles. The number of hydrogen-bond acceptors (Lipinski definition) is 3. The minimum Gasteiger partial charge on any atom is -0.480 e. The van der Waals surface area contributed by atoms with Crippen LogP contribution in [0.5, 0.6) is 0 Å². The van der Waals surface area contributed by atoms with Gasteiger partial charge in [0, 0.05) is 5.02 Å². The molecule has 0 aliphatic carbocycles. The number of carbonyl (C=O) groups is 2. The summed E-state index contributed by atoms with van der Waals surface area (Å²) in [6, 6.07) is 5.67. The monoisotopic (exact) mass is 491 g/mol. The lowest BCUT2D eigenvalue weighted by molar-refractivity contribution is -0.167. The Labute approximate surface area is 204 Å². The van der Waals surface area contributed by atoms with Gasteiger partial charge in [-0.2, -0.15) is 0 Å². The largest absolute Gasteiger partial charge is 0.480 e. The van der Waals surface area contributed by atoms with Crippen molar-refractivity contribution in [3.63, 3.8) is 0 Å². The number of nitrogens with zero attached hydrogens (tertiary/aromatic N) is 1. The van der Waals surface area contributed by atoms with Gasteiger partial charge in [0.1, 0.15) is 32.9 Å². The lowest BCUT2D eigenvalue weighted by Gasteiger charge is -2.42. The van der Waals surface area contributed by atoms with Crippen molar-refractivity contribution in [1.82, 2.24) is 4.90 Å². The molecule has 0 saturated carbocycles. The van der Waals surface area contributed by atoms with Gasteiger partial charge in [0.15, 0.2) is 0 Å². The Morgan fingerprint density at radius 3 is 2.15 bits per heavy atom. The van der Waals surface area contributed by atoms with Crippen LogP contribution in [0.15, 0.2) is 24.3 Å². The normalized spacial score (nSPS) is 20.2. The zero-order chi connectivity index (χ0) is 24.9. The summed E-state index contributed by atoms with van der Waals surface area (Å²) in [5.74, 6) is 2.11. The standard InChI is InChI=1S/C26H38ClNO4Si/c1-8-9-23(26(30)31)28-22(14-15-33(17(2)3,18(4)5)19(6)7)25(32-16-24(28)29)20-10-12-21(27)13-11-20/h10-13,17-19,22-23,25H,8-9,16H2,1-7H3,(H,30,31)/t22-,23?,25+/m1/s1. The highest BCUT2D eigenvalue weighted by Gasteiger charge is 2.45. The van der Waals surface area contributed by atoms with E-state index in [1.807, 2.05) is 19.1 Å². The highest BCUT2D eigenvalue weighted by Crippen LogP contribution is 2.41. The maximum absolute atomic E-state index is 13.0. The molecule has 1 unspecified atom stereocenters. The van der Waals surface area contributed by atoms with E-state index < -0.39 is 32.2 Å². The quantitative estimate of drug-likeness (QED) is 0.353. The molecule has 1 aromatic carbocycles. The SMILES string of the molecule is CCCC(C(=O)O)N1C(=O)CO[C@@H](c2ccc(Cl)cc2)[C@H]1C#C[Si](C(C)C)(C(C)C)C(C)C.